The summed E-state index contributed by atoms with van der Waals surface area (Å²) in [4.78, 5) is 2.41. The van der Waals surface area contributed by atoms with E-state index < -0.39 is 0 Å². The second-order valence-electron chi connectivity index (χ2n) is 4.85. The van der Waals surface area contributed by atoms with Crippen LogP contribution in [0.1, 0.15) is 20.3 Å². The Labute approximate surface area is 92.7 Å². The third-order valence-electron chi connectivity index (χ3n) is 2.96. The van der Waals surface area contributed by atoms with Gasteiger partial charge in [0, 0.05) is 38.4 Å². The Bertz CT molecular complexity index is 185. The highest BCUT2D eigenvalue weighted by molar-refractivity contribution is 4.86. The van der Waals surface area contributed by atoms with Crippen molar-refractivity contribution in [1.82, 2.24) is 4.90 Å². The minimum absolute atomic E-state index is 0.114. The first-order valence-corrected chi connectivity index (χ1v) is 5.63. The molecule has 1 fully saturated rings. The van der Waals surface area contributed by atoms with E-state index in [9.17, 15) is 0 Å². The van der Waals surface area contributed by atoms with E-state index in [1.54, 1.807) is 7.11 Å². The van der Waals surface area contributed by atoms with E-state index in [1.165, 1.54) is 0 Å². The lowest BCUT2D eigenvalue weighted by molar-refractivity contribution is -0.0538. The quantitative estimate of drug-likeness (QED) is 0.725. The number of hydrogen-bond donors (Lipinski definition) is 1. The van der Waals surface area contributed by atoms with Gasteiger partial charge in [0.2, 0.25) is 0 Å². The summed E-state index contributed by atoms with van der Waals surface area (Å²) >= 11 is 0. The molecule has 2 N–H and O–H groups in total. The van der Waals surface area contributed by atoms with Crippen LogP contribution in [0, 0.1) is 0 Å². The molecule has 4 heteroatoms. The molecular formula is C11H24N2O2. The number of ether oxygens (including phenoxy) is 2. The summed E-state index contributed by atoms with van der Waals surface area (Å²) in [6.07, 6.45) is 0.921. The molecular weight excluding hydrogens is 192 g/mol. The molecule has 4 nitrogen and oxygen atoms in total. The van der Waals surface area contributed by atoms with E-state index >= 15 is 0 Å². The Morgan fingerprint density at radius 1 is 1.53 bits per heavy atom. The van der Waals surface area contributed by atoms with E-state index in [2.05, 4.69) is 18.7 Å². The predicted molar refractivity (Wildman–Crippen MR) is 60.9 cm³/mol. The first kappa shape index (κ1) is 12.9. The number of nitrogens with two attached hydrogens (primary N) is 1. The smallest absolute Gasteiger partial charge is 0.0645 e. The summed E-state index contributed by atoms with van der Waals surface area (Å²) in [6, 6.07) is 0.197. The highest BCUT2D eigenvalue weighted by atomic mass is 16.5. The largest absolute Gasteiger partial charge is 0.385 e. The number of rotatable bonds is 5. The van der Waals surface area contributed by atoms with Crippen molar-refractivity contribution >= 4 is 0 Å². The second kappa shape index (κ2) is 5.80. The molecule has 0 bridgehead atoms. The molecule has 1 aliphatic rings. The highest BCUT2D eigenvalue weighted by Crippen LogP contribution is 2.18. The van der Waals surface area contributed by atoms with Gasteiger partial charge < -0.3 is 15.2 Å². The molecule has 0 aromatic heterocycles. The Hall–Kier alpha value is -0.160. The molecule has 0 aromatic carbocycles. The van der Waals surface area contributed by atoms with Gasteiger partial charge in [0.05, 0.1) is 13.2 Å². The van der Waals surface area contributed by atoms with Crippen molar-refractivity contribution < 1.29 is 9.47 Å². The van der Waals surface area contributed by atoms with Gasteiger partial charge in [-0.2, -0.15) is 0 Å². The molecule has 90 valence electrons. The van der Waals surface area contributed by atoms with Gasteiger partial charge in [-0.05, 0) is 20.3 Å². The van der Waals surface area contributed by atoms with Crippen LogP contribution in [0.4, 0.5) is 0 Å². The number of morpholine rings is 1. The molecule has 0 aliphatic carbocycles. The van der Waals surface area contributed by atoms with Crippen LogP contribution in [0.3, 0.4) is 0 Å². The molecule has 1 aliphatic heterocycles. The van der Waals surface area contributed by atoms with Crippen molar-refractivity contribution in [2.45, 2.75) is 31.8 Å². The Kier molecular flexibility index (Phi) is 4.99. The SMILES string of the molecule is COCCC(N)CN1CCOCC1(C)C. The normalized spacial score (nSPS) is 24.0. The Morgan fingerprint density at radius 2 is 2.27 bits per heavy atom. The molecule has 0 spiro atoms. The number of nitrogens with zero attached hydrogens (tertiary/aromatic N) is 1. The first-order chi connectivity index (χ1) is 7.06. The van der Waals surface area contributed by atoms with Crippen LogP contribution in [0.25, 0.3) is 0 Å². The lowest BCUT2D eigenvalue weighted by Crippen LogP contribution is -2.56. The van der Waals surface area contributed by atoms with Crippen LogP contribution >= 0.6 is 0 Å². The Balaban J connectivity index is 2.34. The molecule has 1 heterocycles. The van der Waals surface area contributed by atoms with Crippen molar-refractivity contribution in [3.05, 3.63) is 0 Å². The molecule has 1 saturated heterocycles. The molecule has 0 amide bonds. The second-order valence-corrected chi connectivity index (χ2v) is 4.85. The summed E-state index contributed by atoms with van der Waals surface area (Å²) in [6.45, 7) is 8.67. The topological polar surface area (TPSA) is 47.7 Å². The highest BCUT2D eigenvalue weighted by Gasteiger charge is 2.31. The fourth-order valence-electron chi connectivity index (χ4n) is 1.87. The third kappa shape index (κ3) is 4.07. The van der Waals surface area contributed by atoms with E-state index in [0.29, 0.717) is 0 Å². The summed E-state index contributed by atoms with van der Waals surface area (Å²) in [5.74, 6) is 0. The van der Waals surface area contributed by atoms with Crippen LogP contribution in [-0.2, 0) is 9.47 Å². The van der Waals surface area contributed by atoms with E-state index in [0.717, 1.165) is 39.3 Å². The van der Waals surface area contributed by atoms with Gasteiger partial charge in [0.25, 0.3) is 0 Å². The molecule has 1 atom stereocenters. The standard InChI is InChI=1S/C11H24N2O2/c1-11(2)9-15-7-5-13(11)8-10(12)4-6-14-3/h10H,4-9,12H2,1-3H3. The molecule has 1 unspecified atom stereocenters. The maximum absolute atomic E-state index is 6.05. The van der Waals surface area contributed by atoms with Gasteiger partial charge in [-0.25, -0.2) is 0 Å². The maximum atomic E-state index is 6.05. The van der Waals surface area contributed by atoms with Crippen LogP contribution in [0.2, 0.25) is 0 Å². The van der Waals surface area contributed by atoms with Crippen LogP contribution < -0.4 is 5.73 Å². The fraction of sp³-hybridized carbons (Fsp3) is 1.00. The van der Waals surface area contributed by atoms with Crippen molar-refractivity contribution in [3.8, 4) is 0 Å². The molecule has 0 saturated carbocycles. The van der Waals surface area contributed by atoms with E-state index in [-0.39, 0.29) is 11.6 Å². The zero-order valence-electron chi connectivity index (χ0n) is 10.2. The predicted octanol–water partition coefficient (Wildman–Crippen LogP) is 0.461. The van der Waals surface area contributed by atoms with Crippen LogP contribution in [0.5, 0.6) is 0 Å². The van der Waals surface area contributed by atoms with Gasteiger partial charge in [-0.15, -0.1) is 0 Å². The summed E-state index contributed by atoms with van der Waals surface area (Å²) < 4.78 is 10.5. The molecule has 15 heavy (non-hydrogen) atoms. The van der Waals surface area contributed by atoms with Crippen molar-refractivity contribution in [1.29, 1.82) is 0 Å². The lowest BCUT2D eigenvalue weighted by Gasteiger charge is -2.43. The zero-order chi connectivity index (χ0) is 11.3. The van der Waals surface area contributed by atoms with Gasteiger partial charge in [0.15, 0.2) is 0 Å². The average molecular weight is 216 g/mol. The summed E-state index contributed by atoms with van der Waals surface area (Å²) in [5, 5.41) is 0. The first-order valence-electron chi connectivity index (χ1n) is 5.63. The molecule has 1 rings (SSSR count). The maximum Gasteiger partial charge on any atom is 0.0645 e. The fourth-order valence-corrected chi connectivity index (χ4v) is 1.87. The van der Waals surface area contributed by atoms with Gasteiger partial charge in [-0.1, -0.05) is 0 Å². The van der Waals surface area contributed by atoms with Crippen molar-refractivity contribution in [3.63, 3.8) is 0 Å². The zero-order valence-corrected chi connectivity index (χ0v) is 10.2. The Morgan fingerprint density at radius 3 is 2.87 bits per heavy atom. The lowest BCUT2D eigenvalue weighted by atomic mass is 10.0. The molecule has 0 aromatic rings. The van der Waals surface area contributed by atoms with Gasteiger partial charge >= 0.3 is 0 Å². The van der Waals surface area contributed by atoms with E-state index in [1.807, 2.05) is 0 Å². The number of hydrogen-bond acceptors (Lipinski definition) is 4. The average Bonchev–Trinajstić information content (AvgIpc) is 2.18. The van der Waals surface area contributed by atoms with Gasteiger partial charge in [0.1, 0.15) is 0 Å². The summed E-state index contributed by atoms with van der Waals surface area (Å²) in [7, 11) is 1.71. The van der Waals surface area contributed by atoms with Crippen molar-refractivity contribution in [2.75, 3.05) is 40.0 Å². The molecule has 0 radical (unpaired) electrons. The summed E-state index contributed by atoms with van der Waals surface area (Å²) in [5.41, 5.74) is 6.16. The van der Waals surface area contributed by atoms with E-state index in [4.69, 9.17) is 15.2 Å². The minimum Gasteiger partial charge on any atom is -0.385 e. The van der Waals surface area contributed by atoms with Gasteiger partial charge in [-0.3, -0.25) is 4.90 Å². The van der Waals surface area contributed by atoms with Crippen LogP contribution in [0.15, 0.2) is 0 Å². The van der Waals surface area contributed by atoms with Crippen LogP contribution in [-0.4, -0.2) is 56.5 Å². The number of methoxy groups -OCH3 is 1. The third-order valence-corrected chi connectivity index (χ3v) is 2.96. The monoisotopic (exact) mass is 216 g/mol. The minimum atomic E-state index is 0.114. The van der Waals surface area contributed by atoms with Crippen molar-refractivity contribution in [2.24, 2.45) is 5.73 Å².